The van der Waals surface area contributed by atoms with Crippen LogP contribution >= 0.6 is 0 Å². The number of rotatable bonds is 3. The van der Waals surface area contributed by atoms with E-state index >= 15 is 0 Å². The van der Waals surface area contributed by atoms with Gasteiger partial charge in [-0.25, -0.2) is 0 Å². The Morgan fingerprint density at radius 1 is 1.19 bits per heavy atom. The molecule has 0 heterocycles. The fourth-order valence-corrected chi connectivity index (χ4v) is 2.06. The molecule has 0 saturated heterocycles. The number of nitriles is 1. The summed E-state index contributed by atoms with van der Waals surface area (Å²) in [5.41, 5.74) is 14.0. The van der Waals surface area contributed by atoms with Gasteiger partial charge in [0.05, 0.1) is 17.3 Å². The molecule has 0 aromatic heterocycles. The number of hydrogen-bond donors (Lipinski definition) is 2. The minimum absolute atomic E-state index is 0.322. The Bertz CT molecular complexity index is 738. The number of nitrogens with zero attached hydrogens (tertiary/aromatic N) is 1. The van der Waals surface area contributed by atoms with E-state index in [0.29, 0.717) is 28.3 Å². The van der Waals surface area contributed by atoms with Gasteiger partial charge in [0.15, 0.2) is 5.75 Å². The summed E-state index contributed by atoms with van der Waals surface area (Å²) < 4.78 is 5.82. The third-order valence-corrected chi connectivity index (χ3v) is 3.10. The monoisotopic (exact) mass is 281 g/mol. The molecular weight excluding hydrogens is 266 g/mol. The number of nitrogen functional groups attached to an aromatic ring is 1. The second-order valence-corrected chi connectivity index (χ2v) is 4.77. The van der Waals surface area contributed by atoms with E-state index in [1.807, 2.05) is 13.8 Å². The minimum atomic E-state index is -0.548. The van der Waals surface area contributed by atoms with Crippen molar-refractivity contribution in [2.24, 2.45) is 5.73 Å². The number of nitrogens with two attached hydrogens (primary N) is 2. The van der Waals surface area contributed by atoms with Crippen molar-refractivity contribution in [2.75, 3.05) is 5.73 Å². The number of hydrogen-bond acceptors (Lipinski definition) is 4. The van der Waals surface area contributed by atoms with Gasteiger partial charge in [0, 0.05) is 5.56 Å². The number of aryl methyl sites for hydroxylation is 2. The molecule has 2 aromatic rings. The summed E-state index contributed by atoms with van der Waals surface area (Å²) in [7, 11) is 0. The predicted molar refractivity (Wildman–Crippen MR) is 80.1 cm³/mol. The highest BCUT2D eigenvalue weighted by atomic mass is 16.5. The maximum atomic E-state index is 11.2. The van der Waals surface area contributed by atoms with Crippen LogP contribution in [0.1, 0.15) is 27.0 Å². The van der Waals surface area contributed by atoms with E-state index in [-0.39, 0.29) is 0 Å². The van der Waals surface area contributed by atoms with Gasteiger partial charge in [0.25, 0.3) is 0 Å². The van der Waals surface area contributed by atoms with Crippen LogP contribution in [0, 0.1) is 25.2 Å². The second-order valence-electron chi connectivity index (χ2n) is 4.77. The topological polar surface area (TPSA) is 102 Å². The Morgan fingerprint density at radius 2 is 1.81 bits per heavy atom. The summed E-state index contributed by atoms with van der Waals surface area (Å²) in [6.07, 6.45) is 0. The molecule has 0 saturated carbocycles. The van der Waals surface area contributed by atoms with E-state index in [9.17, 15) is 4.79 Å². The quantitative estimate of drug-likeness (QED) is 0.844. The highest BCUT2D eigenvalue weighted by Gasteiger charge is 2.11. The third-order valence-electron chi connectivity index (χ3n) is 3.10. The molecule has 106 valence electrons. The van der Waals surface area contributed by atoms with E-state index < -0.39 is 5.91 Å². The largest absolute Gasteiger partial charge is 0.455 e. The molecule has 0 fully saturated rings. The maximum Gasteiger partial charge on any atom is 0.248 e. The van der Waals surface area contributed by atoms with E-state index in [1.54, 1.807) is 24.3 Å². The molecule has 21 heavy (non-hydrogen) atoms. The number of carbonyl (C=O) groups is 1. The van der Waals surface area contributed by atoms with Crippen molar-refractivity contribution in [3.05, 3.63) is 52.6 Å². The van der Waals surface area contributed by atoms with Crippen LogP contribution in [0.25, 0.3) is 0 Å². The Labute approximate surface area is 122 Å². The lowest BCUT2D eigenvalue weighted by atomic mass is 10.1. The second kappa shape index (κ2) is 5.55. The smallest absolute Gasteiger partial charge is 0.248 e. The maximum absolute atomic E-state index is 11.2. The molecule has 0 radical (unpaired) electrons. The van der Waals surface area contributed by atoms with Crippen LogP contribution in [-0.4, -0.2) is 5.91 Å². The highest BCUT2D eigenvalue weighted by Crippen LogP contribution is 2.33. The van der Waals surface area contributed by atoms with Gasteiger partial charge in [-0.05, 0) is 55.3 Å². The summed E-state index contributed by atoms with van der Waals surface area (Å²) in [5.74, 6) is 0.428. The first-order valence-electron chi connectivity index (χ1n) is 6.31. The molecule has 1 amide bonds. The van der Waals surface area contributed by atoms with Crippen LogP contribution in [-0.2, 0) is 0 Å². The van der Waals surface area contributed by atoms with Crippen molar-refractivity contribution >= 4 is 11.6 Å². The van der Waals surface area contributed by atoms with Crippen molar-refractivity contribution in [2.45, 2.75) is 13.8 Å². The van der Waals surface area contributed by atoms with E-state index in [2.05, 4.69) is 6.07 Å². The lowest BCUT2D eigenvalue weighted by Crippen LogP contribution is -2.11. The zero-order valence-electron chi connectivity index (χ0n) is 11.8. The Morgan fingerprint density at radius 3 is 2.33 bits per heavy atom. The summed E-state index contributed by atoms with van der Waals surface area (Å²) in [6.45, 7) is 3.69. The summed E-state index contributed by atoms with van der Waals surface area (Å²) in [4.78, 5) is 11.2. The number of carbonyl (C=O) groups excluding carboxylic acids is 1. The normalized spacial score (nSPS) is 9.95. The molecule has 0 atom stereocenters. The summed E-state index contributed by atoms with van der Waals surface area (Å²) in [5, 5.41) is 8.95. The average molecular weight is 281 g/mol. The highest BCUT2D eigenvalue weighted by molar-refractivity contribution is 5.93. The Balaban J connectivity index is 2.46. The average Bonchev–Trinajstić information content (AvgIpc) is 2.44. The molecule has 0 aliphatic rings. The summed E-state index contributed by atoms with van der Waals surface area (Å²) >= 11 is 0. The molecular formula is C16H15N3O2. The molecule has 5 nitrogen and oxygen atoms in total. The predicted octanol–water partition coefficient (Wildman–Crippen LogP) is 2.65. The van der Waals surface area contributed by atoms with Crippen molar-refractivity contribution in [1.29, 1.82) is 5.26 Å². The first-order valence-corrected chi connectivity index (χ1v) is 6.31. The molecule has 0 unspecified atom stereocenters. The molecule has 2 rings (SSSR count). The molecule has 0 aliphatic heterocycles. The van der Waals surface area contributed by atoms with Gasteiger partial charge in [-0.3, -0.25) is 4.79 Å². The van der Waals surface area contributed by atoms with Gasteiger partial charge in [0.2, 0.25) is 5.91 Å². The van der Waals surface area contributed by atoms with Gasteiger partial charge in [-0.2, -0.15) is 5.26 Å². The molecule has 2 aromatic carbocycles. The van der Waals surface area contributed by atoms with Crippen LogP contribution in [0.5, 0.6) is 11.5 Å². The SMILES string of the molecule is Cc1cc(C#N)cc(C)c1Oc1cc(C(N)=O)ccc1N. The van der Waals surface area contributed by atoms with E-state index in [4.69, 9.17) is 21.5 Å². The van der Waals surface area contributed by atoms with E-state index in [1.165, 1.54) is 6.07 Å². The lowest BCUT2D eigenvalue weighted by molar-refractivity contribution is 0.1000. The number of anilines is 1. The van der Waals surface area contributed by atoms with Crippen molar-refractivity contribution < 1.29 is 9.53 Å². The fourth-order valence-electron chi connectivity index (χ4n) is 2.06. The Hall–Kier alpha value is -3.00. The zero-order chi connectivity index (χ0) is 15.6. The minimum Gasteiger partial charge on any atom is -0.455 e. The first kappa shape index (κ1) is 14.4. The van der Waals surface area contributed by atoms with Gasteiger partial charge in [-0.15, -0.1) is 0 Å². The first-order chi connectivity index (χ1) is 9.92. The number of primary amides is 1. The Kier molecular flexibility index (Phi) is 3.81. The number of amides is 1. The fraction of sp³-hybridized carbons (Fsp3) is 0.125. The number of benzene rings is 2. The zero-order valence-corrected chi connectivity index (χ0v) is 11.8. The molecule has 0 aliphatic carbocycles. The van der Waals surface area contributed by atoms with Gasteiger partial charge in [0.1, 0.15) is 5.75 Å². The van der Waals surface area contributed by atoms with Crippen LogP contribution in [0.4, 0.5) is 5.69 Å². The van der Waals surface area contributed by atoms with Crippen molar-refractivity contribution in [3.8, 4) is 17.6 Å². The number of ether oxygens (including phenoxy) is 1. The molecule has 5 heteroatoms. The molecule has 0 bridgehead atoms. The van der Waals surface area contributed by atoms with Crippen LogP contribution < -0.4 is 16.2 Å². The van der Waals surface area contributed by atoms with E-state index in [0.717, 1.165) is 11.1 Å². The van der Waals surface area contributed by atoms with Crippen LogP contribution in [0.15, 0.2) is 30.3 Å². The molecule has 4 N–H and O–H groups in total. The lowest BCUT2D eigenvalue weighted by Gasteiger charge is -2.14. The standard InChI is InChI=1S/C16H15N3O2/c1-9-5-11(8-17)6-10(2)15(9)21-14-7-12(16(19)20)3-4-13(14)18/h3-7H,18H2,1-2H3,(H2,19,20). The summed E-state index contributed by atoms with van der Waals surface area (Å²) in [6, 6.07) is 10.2. The third kappa shape index (κ3) is 2.95. The van der Waals surface area contributed by atoms with Crippen LogP contribution in [0.2, 0.25) is 0 Å². The van der Waals surface area contributed by atoms with Crippen LogP contribution in [0.3, 0.4) is 0 Å². The van der Waals surface area contributed by atoms with Crippen molar-refractivity contribution in [3.63, 3.8) is 0 Å². The van der Waals surface area contributed by atoms with Gasteiger partial charge >= 0.3 is 0 Å². The molecule has 0 spiro atoms. The van der Waals surface area contributed by atoms with Gasteiger partial charge in [-0.1, -0.05) is 0 Å². The van der Waals surface area contributed by atoms with Gasteiger partial charge < -0.3 is 16.2 Å². The van der Waals surface area contributed by atoms with Crippen molar-refractivity contribution in [1.82, 2.24) is 0 Å².